The largest absolute Gasteiger partial charge is 0.377 e. The van der Waals surface area contributed by atoms with Crippen LogP contribution in [-0.4, -0.2) is 25.8 Å². The maximum atomic E-state index is 6.07. The summed E-state index contributed by atoms with van der Waals surface area (Å²) in [5.41, 5.74) is 0.384. The average Bonchev–Trinajstić information content (AvgIpc) is 2.16. The predicted octanol–water partition coefficient (Wildman–Crippen LogP) is 3.22. The Labute approximate surface area is 101 Å². The van der Waals surface area contributed by atoms with Crippen molar-refractivity contribution in [3.8, 4) is 0 Å². The van der Waals surface area contributed by atoms with E-state index >= 15 is 0 Å². The van der Waals surface area contributed by atoms with Gasteiger partial charge in [-0.1, -0.05) is 27.7 Å². The maximum Gasteiger partial charge on any atom is 0.0730 e. The Hall–Kier alpha value is -0.0800. The van der Waals surface area contributed by atoms with Crippen molar-refractivity contribution in [1.82, 2.24) is 5.32 Å². The molecule has 1 fully saturated rings. The first-order valence-electron chi connectivity index (χ1n) is 6.71. The van der Waals surface area contributed by atoms with Gasteiger partial charge in [-0.2, -0.15) is 0 Å². The van der Waals surface area contributed by atoms with Crippen LogP contribution in [0.15, 0.2) is 0 Å². The van der Waals surface area contributed by atoms with Crippen LogP contribution in [0.2, 0.25) is 0 Å². The number of ether oxygens (including phenoxy) is 1. The fourth-order valence-corrected chi connectivity index (χ4v) is 2.36. The van der Waals surface area contributed by atoms with E-state index in [0.29, 0.717) is 17.6 Å². The first-order chi connectivity index (χ1) is 7.42. The van der Waals surface area contributed by atoms with Crippen LogP contribution in [0, 0.1) is 11.3 Å². The van der Waals surface area contributed by atoms with Crippen molar-refractivity contribution in [2.75, 3.05) is 13.7 Å². The van der Waals surface area contributed by atoms with Gasteiger partial charge in [0.05, 0.1) is 6.10 Å². The normalized spacial score (nSPS) is 31.7. The highest BCUT2D eigenvalue weighted by Crippen LogP contribution is 2.27. The lowest BCUT2D eigenvalue weighted by atomic mass is 9.85. The quantitative estimate of drug-likeness (QED) is 0.796. The molecule has 1 aliphatic rings. The number of rotatable bonds is 4. The van der Waals surface area contributed by atoms with Crippen molar-refractivity contribution in [2.24, 2.45) is 11.3 Å². The van der Waals surface area contributed by atoms with Gasteiger partial charge in [0.2, 0.25) is 0 Å². The van der Waals surface area contributed by atoms with Gasteiger partial charge in [-0.05, 0) is 44.1 Å². The Morgan fingerprint density at radius 2 is 1.94 bits per heavy atom. The molecule has 0 bridgehead atoms. The van der Waals surface area contributed by atoms with Crippen LogP contribution >= 0.6 is 0 Å². The minimum atomic E-state index is 0.384. The van der Waals surface area contributed by atoms with Gasteiger partial charge in [0.15, 0.2) is 0 Å². The molecule has 1 saturated carbocycles. The average molecular weight is 227 g/mol. The first-order valence-corrected chi connectivity index (χ1v) is 6.71. The summed E-state index contributed by atoms with van der Waals surface area (Å²) in [5.74, 6) is 0.823. The lowest BCUT2D eigenvalue weighted by molar-refractivity contribution is -0.0149. The highest BCUT2D eigenvalue weighted by Gasteiger charge is 2.28. The van der Waals surface area contributed by atoms with Crippen molar-refractivity contribution in [2.45, 2.75) is 65.5 Å². The standard InChI is InChI=1S/C14H29NO/c1-11-6-7-12(15-5)13(10-11)16-9-8-14(2,3)4/h11-13,15H,6-10H2,1-5H3. The SMILES string of the molecule is CNC1CCC(C)CC1OCCC(C)(C)C. The van der Waals surface area contributed by atoms with E-state index in [9.17, 15) is 0 Å². The Balaban J connectivity index is 2.32. The monoisotopic (exact) mass is 227 g/mol. The molecule has 0 radical (unpaired) electrons. The third kappa shape index (κ3) is 4.84. The van der Waals surface area contributed by atoms with Gasteiger partial charge in [-0.3, -0.25) is 0 Å². The van der Waals surface area contributed by atoms with E-state index in [-0.39, 0.29) is 0 Å². The van der Waals surface area contributed by atoms with Crippen LogP contribution in [0.3, 0.4) is 0 Å². The number of hydrogen-bond acceptors (Lipinski definition) is 2. The zero-order valence-electron chi connectivity index (χ0n) is 11.7. The van der Waals surface area contributed by atoms with Gasteiger partial charge in [0, 0.05) is 12.6 Å². The Morgan fingerprint density at radius 3 is 2.50 bits per heavy atom. The summed E-state index contributed by atoms with van der Waals surface area (Å²) in [4.78, 5) is 0. The minimum Gasteiger partial charge on any atom is -0.377 e. The van der Waals surface area contributed by atoms with E-state index in [1.54, 1.807) is 0 Å². The molecule has 0 aromatic rings. The molecule has 3 unspecified atom stereocenters. The van der Waals surface area contributed by atoms with Crippen LogP contribution in [0.4, 0.5) is 0 Å². The molecule has 0 amide bonds. The molecule has 1 N–H and O–H groups in total. The second kappa shape index (κ2) is 6.02. The fraction of sp³-hybridized carbons (Fsp3) is 1.00. The lowest BCUT2D eigenvalue weighted by Crippen LogP contribution is -2.44. The predicted molar refractivity (Wildman–Crippen MR) is 69.7 cm³/mol. The number of nitrogens with one attached hydrogen (secondary N) is 1. The van der Waals surface area contributed by atoms with Gasteiger partial charge >= 0.3 is 0 Å². The van der Waals surface area contributed by atoms with Crippen LogP contribution < -0.4 is 5.32 Å². The first kappa shape index (κ1) is 14.0. The van der Waals surface area contributed by atoms with E-state index in [1.165, 1.54) is 19.3 Å². The molecular formula is C14H29NO. The summed E-state index contributed by atoms with van der Waals surface area (Å²) >= 11 is 0. The van der Waals surface area contributed by atoms with Gasteiger partial charge in [-0.25, -0.2) is 0 Å². The van der Waals surface area contributed by atoms with Crippen molar-refractivity contribution < 1.29 is 4.74 Å². The smallest absolute Gasteiger partial charge is 0.0730 e. The second-order valence-corrected chi connectivity index (χ2v) is 6.53. The highest BCUT2D eigenvalue weighted by molar-refractivity contribution is 4.83. The molecule has 96 valence electrons. The van der Waals surface area contributed by atoms with Crippen LogP contribution in [0.1, 0.15) is 53.4 Å². The molecule has 16 heavy (non-hydrogen) atoms. The van der Waals surface area contributed by atoms with E-state index in [2.05, 4.69) is 40.1 Å². The lowest BCUT2D eigenvalue weighted by Gasteiger charge is -2.35. The Bertz CT molecular complexity index is 197. The molecule has 3 atom stereocenters. The van der Waals surface area contributed by atoms with E-state index < -0.39 is 0 Å². The van der Waals surface area contributed by atoms with Crippen LogP contribution in [0.5, 0.6) is 0 Å². The van der Waals surface area contributed by atoms with Gasteiger partial charge in [0.25, 0.3) is 0 Å². The molecule has 1 aliphatic carbocycles. The molecule has 0 aliphatic heterocycles. The maximum absolute atomic E-state index is 6.07. The summed E-state index contributed by atoms with van der Waals surface area (Å²) in [6, 6.07) is 0.566. The Kier molecular flexibility index (Phi) is 5.26. The van der Waals surface area contributed by atoms with Crippen molar-refractivity contribution >= 4 is 0 Å². The molecular weight excluding hydrogens is 198 g/mol. The summed E-state index contributed by atoms with van der Waals surface area (Å²) in [7, 11) is 2.06. The summed E-state index contributed by atoms with van der Waals surface area (Å²) in [5, 5.41) is 3.40. The zero-order chi connectivity index (χ0) is 12.2. The van der Waals surface area contributed by atoms with Crippen LogP contribution in [0.25, 0.3) is 0 Å². The molecule has 0 saturated heterocycles. The van der Waals surface area contributed by atoms with Gasteiger partial charge < -0.3 is 10.1 Å². The summed E-state index contributed by atoms with van der Waals surface area (Å²) in [6.45, 7) is 10.1. The number of hydrogen-bond donors (Lipinski definition) is 1. The van der Waals surface area contributed by atoms with Crippen LogP contribution in [-0.2, 0) is 4.74 Å². The third-order valence-electron chi connectivity index (χ3n) is 3.61. The molecule has 2 heteroatoms. The van der Waals surface area contributed by atoms with E-state index in [1.807, 2.05) is 0 Å². The third-order valence-corrected chi connectivity index (χ3v) is 3.61. The molecule has 0 heterocycles. The Morgan fingerprint density at radius 1 is 1.25 bits per heavy atom. The molecule has 2 nitrogen and oxygen atoms in total. The molecule has 1 rings (SSSR count). The summed E-state index contributed by atoms with van der Waals surface area (Å²) < 4.78 is 6.07. The second-order valence-electron chi connectivity index (χ2n) is 6.53. The highest BCUT2D eigenvalue weighted by atomic mass is 16.5. The number of likely N-dealkylation sites (N-methyl/N-ethyl adjacent to an activating group) is 1. The van der Waals surface area contributed by atoms with E-state index in [4.69, 9.17) is 4.74 Å². The minimum absolute atomic E-state index is 0.384. The fourth-order valence-electron chi connectivity index (χ4n) is 2.36. The van der Waals surface area contributed by atoms with Crippen molar-refractivity contribution in [1.29, 1.82) is 0 Å². The van der Waals surface area contributed by atoms with E-state index in [0.717, 1.165) is 18.9 Å². The molecule has 0 spiro atoms. The zero-order valence-corrected chi connectivity index (χ0v) is 11.7. The summed E-state index contributed by atoms with van der Waals surface area (Å²) in [6.07, 6.45) is 5.39. The van der Waals surface area contributed by atoms with Crippen molar-refractivity contribution in [3.63, 3.8) is 0 Å². The van der Waals surface area contributed by atoms with Crippen molar-refractivity contribution in [3.05, 3.63) is 0 Å². The molecule has 0 aromatic heterocycles. The van der Waals surface area contributed by atoms with Gasteiger partial charge in [-0.15, -0.1) is 0 Å². The van der Waals surface area contributed by atoms with Gasteiger partial charge in [0.1, 0.15) is 0 Å². The topological polar surface area (TPSA) is 21.3 Å². The molecule has 0 aromatic carbocycles.